The van der Waals surface area contributed by atoms with Gasteiger partial charge in [-0.1, -0.05) is 13.8 Å². The maximum absolute atomic E-state index is 9.32. The number of rotatable bonds is 5. The lowest BCUT2D eigenvalue weighted by Crippen LogP contribution is -2.22. The number of anilines is 1. The predicted molar refractivity (Wildman–Crippen MR) is 76.0 cm³/mol. The van der Waals surface area contributed by atoms with Gasteiger partial charge in [0.1, 0.15) is 0 Å². The zero-order valence-electron chi connectivity index (χ0n) is 11.7. The third kappa shape index (κ3) is 3.77. The van der Waals surface area contributed by atoms with Crippen LogP contribution in [0, 0.1) is 11.8 Å². The fraction of sp³-hybridized carbons (Fsp3) is 0.600. The molecule has 1 aromatic rings. The van der Waals surface area contributed by atoms with Crippen molar-refractivity contribution >= 4 is 5.69 Å². The second kappa shape index (κ2) is 6.66. The molecule has 0 aromatic heterocycles. The van der Waals surface area contributed by atoms with Crippen LogP contribution in [0.25, 0.3) is 0 Å². The van der Waals surface area contributed by atoms with Crippen molar-refractivity contribution in [1.82, 2.24) is 0 Å². The number of fused-ring (bicyclic) bond motifs is 1. The first-order chi connectivity index (χ1) is 9.20. The fourth-order valence-corrected chi connectivity index (χ4v) is 2.03. The summed E-state index contributed by atoms with van der Waals surface area (Å²) in [5.41, 5.74) is 1.00. The normalized spacial score (nSPS) is 16.0. The lowest BCUT2D eigenvalue weighted by molar-refractivity contribution is 0.198. The van der Waals surface area contributed by atoms with E-state index in [4.69, 9.17) is 9.47 Å². The fourth-order valence-electron chi connectivity index (χ4n) is 2.03. The molecular formula is C15H23NO3. The number of hydrogen-bond donors (Lipinski definition) is 2. The first-order valence-corrected chi connectivity index (χ1v) is 6.95. The average Bonchev–Trinajstić information content (AvgIpc) is 2.63. The van der Waals surface area contributed by atoms with Crippen LogP contribution >= 0.6 is 0 Å². The van der Waals surface area contributed by atoms with Crippen molar-refractivity contribution in [2.45, 2.75) is 20.3 Å². The van der Waals surface area contributed by atoms with Gasteiger partial charge in [0.25, 0.3) is 0 Å². The molecule has 1 aliphatic rings. The van der Waals surface area contributed by atoms with Crippen LogP contribution in [0.15, 0.2) is 18.2 Å². The van der Waals surface area contributed by atoms with E-state index in [1.807, 2.05) is 18.2 Å². The van der Waals surface area contributed by atoms with Gasteiger partial charge in [0.2, 0.25) is 0 Å². The topological polar surface area (TPSA) is 50.7 Å². The minimum atomic E-state index is 0.204. The summed E-state index contributed by atoms with van der Waals surface area (Å²) in [5, 5.41) is 12.7. The summed E-state index contributed by atoms with van der Waals surface area (Å²) in [4.78, 5) is 0. The minimum Gasteiger partial charge on any atom is -0.490 e. The second-order valence-corrected chi connectivity index (χ2v) is 5.28. The van der Waals surface area contributed by atoms with E-state index in [0.717, 1.165) is 30.2 Å². The number of aliphatic hydroxyl groups is 1. The van der Waals surface area contributed by atoms with Gasteiger partial charge in [0.05, 0.1) is 13.2 Å². The highest BCUT2D eigenvalue weighted by molar-refractivity contribution is 5.55. The Balaban J connectivity index is 1.99. The SMILES string of the molecule is CC(C)C(CO)CNc1ccc2c(c1)OCCCO2. The Morgan fingerprint density at radius 2 is 1.95 bits per heavy atom. The maximum atomic E-state index is 9.32. The summed E-state index contributed by atoms with van der Waals surface area (Å²) < 4.78 is 11.3. The molecule has 0 saturated heterocycles. The molecular weight excluding hydrogens is 242 g/mol. The standard InChI is InChI=1S/C15H23NO3/c1-11(2)12(10-17)9-16-13-4-5-14-15(8-13)19-7-3-6-18-14/h4-5,8,11-12,16-17H,3,6-7,9-10H2,1-2H3. The van der Waals surface area contributed by atoms with Gasteiger partial charge >= 0.3 is 0 Å². The highest BCUT2D eigenvalue weighted by atomic mass is 16.5. The van der Waals surface area contributed by atoms with Gasteiger partial charge in [-0.05, 0) is 18.1 Å². The average molecular weight is 265 g/mol. The molecule has 0 bridgehead atoms. The van der Waals surface area contributed by atoms with E-state index in [0.29, 0.717) is 19.1 Å². The summed E-state index contributed by atoms with van der Waals surface area (Å²) in [6, 6.07) is 5.89. The van der Waals surface area contributed by atoms with Crippen molar-refractivity contribution in [2.24, 2.45) is 11.8 Å². The minimum absolute atomic E-state index is 0.204. The Morgan fingerprint density at radius 3 is 2.63 bits per heavy atom. The molecule has 0 fully saturated rings. The zero-order valence-corrected chi connectivity index (χ0v) is 11.7. The Morgan fingerprint density at radius 1 is 1.21 bits per heavy atom. The second-order valence-electron chi connectivity index (χ2n) is 5.28. The van der Waals surface area contributed by atoms with Gasteiger partial charge in [-0.15, -0.1) is 0 Å². The monoisotopic (exact) mass is 265 g/mol. The molecule has 106 valence electrons. The van der Waals surface area contributed by atoms with Crippen molar-refractivity contribution in [1.29, 1.82) is 0 Å². The molecule has 1 unspecified atom stereocenters. The quantitative estimate of drug-likeness (QED) is 0.859. The van der Waals surface area contributed by atoms with E-state index < -0.39 is 0 Å². The number of hydrogen-bond acceptors (Lipinski definition) is 4. The molecule has 2 rings (SSSR count). The van der Waals surface area contributed by atoms with Crippen molar-refractivity contribution in [3.63, 3.8) is 0 Å². The van der Waals surface area contributed by atoms with E-state index in [2.05, 4.69) is 19.2 Å². The molecule has 1 heterocycles. The van der Waals surface area contributed by atoms with Crippen molar-refractivity contribution in [3.05, 3.63) is 18.2 Å². The van der Waals surface area contributed by atoms with Gasteiger partial charge in [-0.3, -0.25) is 0 Å². The first-order valence-electron chi connectivity index (χ1n) is 6.95. The van der Waals surface area contributed by atoms with Crippen molar-refractivity contribution < 1.29 is 14.6 Å². The zero-order chi connectivity index (χ0) is 13.7. The molecule has 4 heteroatoms. The van der Waals surface area contributed by atoms with Gasteiger partial charge in [0, 0.05) is 37.2 Å². The molecule has 0 saturated carbocycles. The maximum Gasteiger partial charge on any atom is 0.163 e. The van der Waals surface area contributed by atoms with Crippen LogP contribution in [0.2, 0.25) is 0 Å². The molecule has 0 radical (unpaired) electrons. The van der Waals surface area contributed by atoms with Crippen LogP contribution in [-0.2, 0) is 0 Å². The lowest BCUT2D eigenvalue weighted by Gasteiger charge is -2.19. The van der Waals surface area contributed by atoms with E-state index >= 15 is 0 Å². The summed E-state index contributed by atoms with van der Waals surface area (Å²) in [7, 11) is 0. The van der Waals surface area contributed by atoms with Gasteiger partial charge < -0.3 is 19.9 Å². The largest absolute Gasteiger partial charge is 0.490 e. The smallest absolute Gasteiger partial charge is 0.163 e. The Labute approximate surface area is 114 Å². The van der Waals surface area contributed by atoms with Crippen molar-refractivity contribution in [3.8, 4) is 11.5 Å². The van der Waals surface area contributed by atoms with E-state index in [9.17, 15) is 5.11 Å². The Kier molecular flexibility index (Phi) is 4.91. The molecule has 1 atom stereocenters. The molecule has 1 aliphatic heterocycles. The van der Waals surface area contributed by atoms with E-state index in [1.165, 1.54) is 0 Å². The molecule has 2 N–H and O–H groups in total. The number of nitrogens with one attached hydrogen (secondary N) is 1. The van der Waals surface area contributed by atoms with E-state index in [1.54, 1.807) is 0 Å². The summed E-state index contributed by atoms with van der Waals surface area (Å²) in [6.45, 7) is 6.61. The molecule has 0 aliphatic carbocycles. The third-order valence-electron chi connectivity index (χ3n) is 3.49. The van der Waals surface area contributed by atoms with Crippen LogP contribution in [0.4, 0.5) is 5.69 Å². The van der Waals surface area contributed by atoms with Crippen LogP contribution in [-0.4, -0.2) is 31.5 Å². The molecule has 19 heavy (non-hydrogen) atoms. The molecule has 1 aromatic carbocycles. The Bertz CT molecular complexity index is 406. The van der Waals surface area contributed by atoms with Crippen molar-refractivity contribution in [2.75, 3.05) is 31.7 Å². The number of benzene rings is 1. The van der Waals surface area contributed by atoms with Gasteiger partial charge in [-0.2, -0.15) is 0 Å². The summed E-state index contributed by atoms with van der Waals surface area (Å²) >= 11 is 0. The summed E-state index contributed by atoms with van der Waals surface area (Å²) in [6.07, 6.45) is 0.914. The molecule has 0 amide bonds. The highest BCUT2D eigenvalue weighted by Crippen LogP contribution is 2.32. The van der Waals surface area contributed by atoms with Crippen LogP contribution in [0.1, 0.15) is 20.3 Å². The first kappa shape index (κ1) is 14.0. The number of ether oxygens (including phenoxy) is 2. The van der Waals surface area contributed by atoms with Crippen LogP contribution in [0.3, 0.4) is 0 Å². The summed E-state index contributed by atoms with van der Waals surface area (Å²) in [5.74, 6) is 2.33. The molecule has 4 nitrogen and oxygen atoms in total. The van der Waals surface area contributed by atoms with Crippen LogP contribution < -0.4 is 14.8 Å². The third-order valence-corrected chi connectivity index (χ3v) is 3.49. The van der Waals surface area contributed by atoms with Gasteiger partial charge in [-0.25, -0.2) is 0 Å². The number of aliphatic hydroxyl groups excluding tert-OH is 1. The molecule has 0 spiro atoms. The Hall–Kier alpha value is -1.42. The van der Waals surface area contributed by atoms with Gasteiger partial charge in [0.15, 0.2) is 11.5 Å². The lowest BCUT2D eigenvalue weighted by atomic mass is 9.97. The predicted octanol–water partition coefficient (Wildman–Crippen LogP) is 2.52. The van der Waals surface area contributed by atoms with Crippen LogP contribution in [0.5, 0.6) is 11.5 Å². The van der Waals surface area contributed by atoms with E-state index in [-0.39, 0.29) is 12.5 Å². The highest BCUT2D eigenvalue weighted by Gasteiger charge is 2.13.